The normalized spacial score (nSPS) is 14.4. The number of piperazine rings is 1. The Morgan fingerprint density at radius 3 is 2.34 bits per heavy atom. The van der Waals surface area contributed by atoms with Gasteiger partial charge in [0.2, 0.25) is 0 Å². The highest BCUT2D eigenvalue weighted by atomic mass is 79.9. The van der Waals surface area contributed by atoms with E-state index in [4.69, 9.17) is 34.8 Å². The molecule has 1 N–H and O–H groups in total. The Morgan fingerprint density at radius 1 is 0.875 bits per heavy atom. The molecule has 0 radical (unpaired) electrons. The van der Waals surface area contributed by atoms with Crippen LogP contribution < -0.4 is 10.2 Å². The molecule has 0 atom stereocenters. The summed E-state index contributed by atoms with van der Waals surface area (Å²) in [6, 6.07) is 18.7. The zero-order valence-corrected chi connectivity index (χ0v) is 21.0. The van der Waals surface area contributed by atoms with E-state index in [9.17, 15) is 4.79 Å². The van der Waals surface area contributed by atoms with E-state index < -0.39 is 0 Å². The van der Waals surface area contributed by atoms with Crippen molar-refractivity contribution < 1.29 is 4.79 Å². The number of nitrogens with one attached hydrogen (secondary N) is 1. The molecule has 1 amide bonds. The topological polar surface area (TPSA) is 35.6 Å². The molecule has 0 aromatic heterocycles. The lowest BCUT2D eigenvalue weighted by atomic mass is 10.1. The smallest absolute Gasteiger partial charge is 0.257 e. The van der Waals surface area contributed by atoms with Crippen LogP contribution in [0.5, 0.6) is 0 Å². The van der Waals surface area contributed by atoms with Crippen molar-refractivity contribution in [1.82, 2.24) is 4.90 Å². The fourth-order valence-corrected chi connectivity index (χ4v) is 4.79. The molecule has 0 unspecified atom stereocenters. The van der Waals surface area contributed by atoms with Gasteiger partial charge in [-0.3, -0.25) is 9.69 Å². The molecule has 0 saturated carbocycles. The number of carbonyl (C=O) groups excluding carboxylic acids is 1. The molecule has 8 heteroatoms. The number of rotatable bonds is 5. The van der Waals surface area contributed by atoms with Crippen molar-refractivity contribution in [2.45, 2.75) is 6.54 Å². The van der Waals surface area contributed by atoms with Crippen molar-refractivity contribution in [1.29, 1.82) is 0 Å². The summed E-state index contributed by atoms with van der Waals surface area (Å²) in [5.41, 5.74) is 3.13. The Balaban J connectivity index is 1.38. The first-order valence-corrected chi connectivity index (χ1v) is 12.1. The Kier molecular flexibility index (Phi) is 7.64. The molecular weight excluding hydrogens is 533 g/mol. The summed E-state index contributed by atoms with van der Waals surface area (Å²) in [4.78, 5) is 17.3. The fourth-order valence-electron chi connectivity index (χ4n) is 3.73. The maximum atomic E-state index is 12.6. The number of benzene rings is 3. The number of carbonyl (C=O) groups is 1. The van der Waals surface area contributed by atoms with E-state index in [0.717, 1.165) is 53.5 Å². The van der Waals surface area contributed by atoms with Crippen LogP contribution in [0.2, 0.25) is 15.1 Å². The van der Waals surface area contributed by atoms with E-state index in [1.807, 2.05) is 30.3 Å². The van der Waals surface area contributed by atoms with E-state index in [2.05, 4.69) is 37.1 Å². The van der Waals surface area contributed by atoms with Gasteiger partial charge in [0.05, 0.1) is 21.3 Å². The third kappa shape index (κ3) is 5.59. The van der Waals surface area contributed by atoms with Crippen LogP contribution in [0.4, 0.5) is 11.4 Å². The number of amides is 1. The second-order valence-corrected chi connectivity index (χ2v) is 9.74. The van der Waals surface area contributed by atoms with Crippen molar-refractivity contribution in [3.05, 3.63) is 91.3 Å². The van der Waals surface area contributed by atoms with Crippen LogP contribution in [0.3, 0.4) is 0 Å². The molecule has 3 aromatic rings. The molecule has 1 aliphatic heterocycles. The van der Waals surface area contributed by atoms with E-state index in [1.165, 1.54) is 0 Å². The van der Waals surface area contributed by atoms with Crippen molar-refractivity contribution >= 4 is 68.0 Å². The second-order valence-electron chi connectivity index (χ2n) is 7.60. The monoisotopic (exact) mass is 551 g/mol. The van der Waals surface area contributed by atoms with Crippen molar-refractivity contribution in [3.63, 3.8) is 0 Å². The molecule has 0 bridgehead atoms. The molecule has 4 rings (SSSR count). The van der Waals surface area contributed by atoms with E-state index in [1.54, 1.807) is 24.3 Å². The zero-order chi connectivity index (χ0) is 22.7. The summed E-state index contributed by atoms with van der Waals surface area (Å²) in [5.74, 6) is -0.284. The highest BCUT2D eigenvalue weighted by Gasteiger charge is 2.20. The number of halogens is 4. The van der Waals surface area contributed by atoms with Crippen LogP contribution in [0.1, 0.15) is 15.9 Å². The van der Waals surface area contributed by atoms with Gasteiger partial charge in [-0.05, 0) is 48.0 Å². The molecule has 1 saturated heterocycles. The van der Waals surface area contributed by atoms with Crippen LogP contribution >= 0.6 is 50.7 Å². The van der Waals surface area contributed by atoms with E-state index in [-0.39, 0.29) is 5.91 Å². The lowest BCUT2D eigenvalue weighted by Gasteiger charge is -2.36. The number of hydrogen-bond donors (Lipinski definition) is 1. The average Bonchev–Trinajstić information content (AvgIpc) is 2.78. The van der Waals surface area contributed by atoms with Crippen molar-refractivity contribution in [2.24, 2.45) is 0 Å². The zero-order valence-electron chi connectivity index (χ0n) is 17.1. The van der Waals surface area contributed by atoms with Gasteiger partial charge in [-0.2, -0.15) is 0 Å². The summed E-state index contributed by atoms with van der Waals surface area (Å²) < 4.78 is 0.786. The van der Waals surface area contributed by atoms with Gasteiger partial charge in [-0.1, -0.05) is 68.9 Å². The predicted molar refractivity (Wildman–Crippen MR) is 137 cm³/mol. The van der Waals surface area contributed by atoms with Gasteiger partial charge in [-0.25, -0.2) is 0 Å². The minimum absolute atomic E-state index is 0.284. The van der Waals surface area contributed by atoms with Gasteiger partial charge in [0, 0.05) is 47.9 Å². The van der Waals surface area contributed by atoms with Crippen LogP contribution in [-0.2, 0) is 6.54 Å². The van der Waals surface area contributed by atoms with Gasteiger partial charge in [0.15, 0.2) is 0 Å². The minimum Gasteiger partial charge on any atom is -0.368 e. The third-order valence-corrected chi connectivity index (χ3v) is 6.94. The lowest BCUT2D eigenvalue weighted by molar-refractivity contribution is 0.102. The molecule has 1 fully saturated rings. The SMILES string of the molecule is O=C(Nc1ccc(N2CCN(Cc3ccccc3Cl)CC2)c(Cl)c1)c1cc(Br)ccc1Cl. The maximum Gasteiger partial charge on any atom is 0.257 e. The first-order chi connectivity index (χ1) is 15.4. The molecular formula is C24H21BrCl3N3O. The Hall–Kier alpha value is -1.76. The molecule has 3 aromatic carbocycles. The molecule has 32 heavy (non-hydrogen) atoms. The summed E-state index contributed by atoms with van der Waals surface area (Å²) in [6.45, 7) is 4.40. The molecule has 1 heterocycles. The highest BCUT2D eigenvalue weighted by Crippen LogP contribution is 2.31. The first kappa shape index (κ1) is 23.4. The summed E-state index contributed by atoms with van der Waals surface area (Å²) >= 11 is 22.4. The van der Waals surface area contributed by atoms with Gasteiger partial charge in [0.25, 0.3) is 5.91 Å². The van der Waals surface area contributed by atoms with Crippen LogP contribution in [0.15, 0.2) is 65.1 Å². The number of hydrogen-bond acceptors (Lipinski definition) is 3. The van der Waals surface area contributed by atoms with Gasteiger partial charge < -0.3 is 10.2 Å². The van der Waals surface area contributed by atoms with Crippen molar-refractivity contribution in [2.75, 3.05) is 36.4 Å². The molecule has 166 valence electrons. The lowest BCUT2D eigenvalue weighted by Crippen LogP contribution is -2.46. The Labute approximate surface area is 211 Å². The molecule has 1 aliphatic rings. The van der Waals surface area contributed by atoms with Gasteiger partial charge >= 0.3 is 0 Å². The van der Waals surface area contributed by atoms with Crippen LogP contribution in [0, 0.1) is 0 Å². The standard InChI is InChI=1S/C24H21BrCl3N3O/c25-17-5-7-21(27)19(13-17)24(32)29-18-6-8-23(22(28)14-18)31-11-9-30(10-12-31)15-16-3-1-2-4-20(16)26/h1-8,13-14H,9-12,15H2,(H,29,32). The number of anilines is 2. The summed E-state index contributed by atoms with van der Waals surface area (Å²) in [6.07, 6.45) is 0. The Morgan fingerprint density at radius 2 is 1.62 bits per heavy atom. The van der Waals surface area contributed by atoms with Crippen molar-refractivity contribution in [3.8, 4) is 0 Å². The average molecular weight is 554 g/mol. The van der Waals surface area contributed by atoms with Gasteiger partial charge in [-0.15, -0.1) is 0 Å². The summed E-state index contributed by atoms with van der Waals surface area (Å²) in [5, 5.41) is 4.67. The quantitative estimate of drug-likeness (QED) is 0.370. The second kappa shape index (κ2) is 10.4. The predicted octanol–water partition coefficient (Wildman–Crippen LogP) is 6.98. The first-order valence-electron chi connectivity index (χ1n) is 10.2. The maximum absolute atomic E-state index is 12.6. The van der Waals surface area contributed by atoms with Crippen LogP contribution in [-0.4, -0.2) is 37.0 Å². The fraction of sp³-hybridized carbons (Fsp3) is 0.208. The number of nitrogens with zero attached hydrogens (tertiary/aromatic N) is 2. The molecule has 0 spiro atoms. The minimum atomic E-state index is -0.284. The largest absolute Gasteiger partial charge is 0.368 e. The Bertz CT molecular complexity index is 1130. The highest BCUT2D eigenvalue weighted by molar-refractivity contribution is 9.10. The van der Waals surface area contributed by atoms with E-state index in [0.29, 0.717) is 21.3 Å². The van der Waals surface area contributed by atoms with Crippen LogP contribution in [0.25, 0.3) is 0 Å². The summed E-state index contributed by atoms with van der Waals surface area (Å²) in [7, 11) is 0. The molecule has 4 nitrogen and oxygen atoms in total. The van der Waals surface area contributed by atoms with Gasteiger partial charge in [0.1, 0.15) is 0 Å². The molecule has 0 aliphatic carbocycles. The third-order valence-electron chi connectivity index (χ3n) is 5.44. The van der Waals surface area contributed by atoms with E-state index >= 15 is 0 Å².